The maximum Gasteiger partial charge on any atom is 0.0954 e. The largest absolute Gasteiger partial charge is 0.396 e. The van der Waals surface area contributed by atoms with Gasteiger partial charge < -0.3 is 9.84 Å². The second kappa shape index (κ2) is 6.64. The Morgan fingerprint density at radius 1 is 1.39 bits per heavy atom. The van der Waals surface area contributed by atoms with Crippen molar-refractivity contribution in [1.82, 2.24) is 4.98 Å². The van der Waals surface area contributed by atoms with Crippen LogP contribution in [0.3, 0.4) is 0 Å². The van der Waals surface area contributed by atoms with Crippen molar-refractivity contribution in [3.05, 3.63) is 16.1 Å². The Morgan fingerprint density at radius 2 is 2.11 bits per heavy atom. The van der Waals surface area contributed by atoms with Crippen molar-refractivity contribution in [2.45, 2.75) is 58.2 Å². The smallest absolute Gasteiger partial charge is 0.0954 e. The normalized spacial score (nSPS) is 24.7. The molecule has 1 aliphatic rings. The Balaban J connectivity index is 1.74. The lowest BCUT2D eigenvalue weighted by Gasteiger charge is -2.27. The molecular formula is C14H23NO2S. The maximum absolute atomic E-state index is 9.09. The molecule has 1 heterocycles. The van der Waals surface area contributed by atoms with E-state index in [1.807, 2.05) is 0 Å². The molecule has 4 heteroatoms. The van der Waals surface area contributed by atoms with Gasteiger partial charge in [0.15, 0.2) is 0 Å². The molecule has 1 saturated carbocycles. The molecule has 0 spiro atoms. The second-order valence-electron chi connectivity index (χ2n) is 5.47. The van der Waals surface area contributed by atoms with Crippen LogP contribution in [0.15, 0.2) is 5.38 Å². The van der Waals surface area contributed by atoms with Crippen molar-refractivity contribution in [2.75, 3.05) is 6.61 Å². The van der Waals surface area contributed by atoms with E-state index in [0.29, 0.717) is 31.2 Å². The highest BCUT2D eigenvalue weighted by Crippen LogP contribution is 2.27. The van der Waals surface area contributed by atoms with Crippen LogP contribution >= 0.6 is 11.3 Å². The van der Waals surface area contributed by atoms with E-state index in [2.05, 4.69) is 24.2 Å². The topological polar surface area (TPSA) is 42.4 Å². The molecule has 0 saturated heterocycles. The molecule has 102 valence electrons. The van der Waals surface area contributed by atoms with E-state index in [4.69, 9.17) is 9.84 Å². The summed E-state index contributed by atoms with van der Waals surface area (Å²) < 4.78 is 5.92. The summed E-state index contributed by atoms with van der Waals surface area (Å²) in [5.74, 6) is 1.00. The lowest BCUT2D eigenvalue weighted by Crippen LogP contribution is -2.23. The van der Waals surface area contributed by atoms with E-state index in [-0.39, 0.29) is 0 Å². The van der Waals surface area contributed by atoms with Gasteiger partial charge in [0.1, 0.15) is 0 Å². The molecule has 0 radical (unpaired) electrons. The first-order chi connectivity index (χ1) is 8.69. The summed E-state index contributed by atoms with van der Waals surface area (Å²) in [5, 5.41) is 12.4. The lowest BCUT2D eigenvalue weighted by molar-refractivity contribution is -0.0000102. The minimum absolute atomic E-state index is 0.330. The zero-order valence-electron chi connectivity index (χ0n) is 11.3. The molecule has 0 amide bonds. The van der Waals surface area contributed by atoms with Crippen LogP contribution in [0.5, 0.6) is 0 Å². The molecule has 3 nitrogen and oxygen atoms in total. The maximum atomic E-state index is 9.09. The van der Waals surface area contributed by atoms with Gasteiger partial charge in [0.05, 0.1) is 23.4 Å². The van der Waals surface area contributed by atoms with Gasteiger partial charge in [0.2, 0.25) is 0 Å². The molecule has 1 aromatic heterocycles. The molecule has 2 rings (SSSR count). The van der Waals surface area contributed by atoms with Gasteiger partial charge in [-0.25, -0.2) is 4.98 Å². The summed E-state index contributed by atoms with van der Waals surface area (Å²) in [4.78, 5) is 4.58. The number of nitrogens with zero attached hydrogens (tertiary/aromatic N) is 1. The first kappa shape index (κ1) is 14.0. The fraction of sp³-hybridized carbons (Fsp3) is 0.786. The second-order valence-corrected chi connectivity index (χ2v) is 6.36. The first-order valence-electron chi connectivity index (χ1n) is 6.85. The predicted molar refractivity (Wildman–Crippen MR) is 73.8 cm³/mol. The SMILES string of the molecule is CC(C)c1nc(COC2CCC(CO)CC2)cs1. The number of rotatable bonds is 5. The van der Waals surface area contributed by atoms with E-state index < -0.39 is 0 Å². The van der Waals surface area contributed by atoms with Crippen molar-refractivity contribution in [2.24, 2.45) is 5.92 Å². The fourth-order valence-electron chi connectivity index (χ4n) is 2.34. The number of hydrogen-bond donors (Lipinski definition) is 1. The number of thiazole rings is 1. The number of ether oxygens (including phenoxy) is 1. The van der Waals surface area contributed by atoms with E-state index in [9.17, 15) is 0 Å². The monoisotopic (exact) mass is 269 g/mol. The number of aliphatic hydroxyl groups excluding tert-OH is 1. The first-order valence-corrected chi connectivity index (χ1v) is 7.73. The van der Waals surface area contributed by atoms with Gasteiger partial charge in [-0.15, -0.1) is 11.3 Å². The summed E-state index contributed by atoms with van der Waals surface area (Å²) in [5.41, 5.74) is 1.06. The van der Waals surface area contributed by atoms with Crippen LogP contribution in [-0.4, -0.2) is 22.8 Å². The Bertz CT molecular complexity index is 356. The van der Waals surface area contributed by atoms with Gasteiger partial charge >= 0.3 is 0 Å². The Morgan fingerprint density at radius 3 is 2.67 bits per heavy atom. The summed E-state index contributed by atoms with van der Waals surface area (Å²) >= 11 is 1.72. The predicted octanol–water partition coefficient (Wildman–Crippen LogP) is 3.33. The summed E-state index contributed by atoms with van der Waals surface area (Å²) in [6, 6.07) is 0. The highest BCUT2D eigenvalue weighted by atomic mass is 32.1. The summed E-state index contributed by atoms with van der Waals surface area (Å²) in [7, 11) is 0. The quantitative estimate of drug-likeness (QED) is 0.891. The number of aromatic nitrogens is 1. The van der Waals surface area contributed by atoms with Crippen LogP contribution < -0.4 is 0 Å². The minimum Gasteiger partial charge on any atom is -0.396 e. The van der Waals surface area contributed by atoms with E-state index in [0.717, 1.165) is 31.4 Å². The lowest BCUT2D eigenvalue weighted by atomic mass is 9.88. The van der Waals surface area contributed by atoms with Crippen LogP contribution in [-0.2, 0) is 11.3 Å². The van der Waals surface area contributed by atoms with Gasteiger partial charge in [-0.2, -0.15) is 0 Å². The standard InChI is InChI=1S/C14H23NO2S/c1-10(2)14-15-12(9-18-14)8-17-13-5-3-11(7-16)4-6-13/h9-11,13,16H,3-8H2,1-2H3. The van der Waals surface area contributed by atoms with Gasteiger partial charge in [-0.1, -0.05) is 13.8 Å². The van der Waals surface area contributed by atoms with Gasteiger partial charge in [-0.3, -0.25) is 0 Å². The molecule has 1 aromatic rings. The van der Waals surface area contributed by atoms with E-state index in [1.54, 1.807) is 11.3 Å². The highest BCUT2D eigenvalue weighted by molar-refractivity contribution is 7.09. The number of aliphatic hydroxyl groups is 1. The van der Waals surface area contributed by atoms with Crippen molar-refractivity contribution < 1.29 is 9.84 Å². The van der Waals surface area contributed by atoms with Gasteiger partial charge in [0.25, 0.3) is 0 Å². The van der Waals surface area contributed by atoms with E-state index >= 15 is 0 Å². The molecule has 1 aliphatic carbocycles. The molecule has 1 N–H and O–H groups in total. The molecule has 0 bridgehead atoms. The molecule has 0 unspecified atom stereocenters. The van der Waals surface area contributed by atoms with Crippen molar-refractivity contribution >= 4 is 11.3 Å². The molecule has 18 heavy (non-hydrogen) atoms. The van der Waals surface area contributed by atoms with Crippen LogP contribution in [0.25, 0.3) is 0 Å². The zero-order chi connectivity index (χ0) is 13.0. The third kappa shape index (κ3) is 3.77. The summed E-state index contributed by atoms with van der Waals surface area (Å²) in [6.45, 7) is 5.30. The van der Waals surface area contributed by atoms with Crippen LogP contribution in [0.4, 0.5) is 0 Å². The number of hydrogen-bond acceptors (Lipinski definition) is 4. The molecule has 1 fully saturated rings. The molecular weight excluding hydrogens is 246 g/mol. The zero-order valence-corrected chi connectivity index (χ0v) is 12.1. The van der Waals surface area contributed by atoms with Crippen LogP contribution in [0.2, 0.25) is 0 Å². The van der Waals surface area contributed by atoms with E-state index in [1.165, 1.54) is 5.01 Å². The van der Waals surface area contributed by atoms with Crippen LogP contribution in [0.1, 0.15) is 56.2 Å². The Labute approximate surface area is 113 Å². The van der Waals surface area contributed by atoms with Crippen molar-refractivity contribution in [3.63, 3.8) is 0 Å². The molecule has 0 atom stereocenters. The summed E-state index contributed by atoms with van der Waals surface area (Å²) in [6.07, 6.45) is 4.70. The van der Waals surface area contributed by atoms with Gasteiger partial charge in [-0.05, 0) is 31.6 Å². The highest BCUT2D eigenvalue weighted by Gasteiger charge is 2.21. The fourth-order valence-corrected chi connectivity index (χ4v) is 3.16. The average molecular weight is 269 g/mol. The third-order valence-corrected chi connectivity index (χ3v) is 4.78. The molecule has 0 aromatic carbocycles. The Hall–Kier alpha value is -0.450. The minimum atomic E-state index is 0.330. The van der Waals surface area contributed by atoms with Gasteiger partial charge in [0, 0.05) is 17.9 Å². The van der Waals surface area contributed by atoms with Crippen molar-refractivity contribution in [3.8, 4) is 0 Å². The Kier molecular flexibility index (Phi) is 5.15. The van der Waals surface area contributed by atoms with Crippen molar-refractivity contribution in [1.29, 1.82) is 0 Å². The molecule has 0 aliphatic heterocycles. The average Bonchev–Trinajstić information content (AvgIpc) is 2.86. The van der Waals surface area contributed by atoms with Crippen LogP contribution in [0, 0.1) is 5.92 Å². The third-order valence-electron chi connectivity index (χ3n) is 3.58.